The number of halogens is 1. The number of guanidine groups is 1. The zero-order chi connectivity index (χ0) is 20.1. The lowest BCUT2D eigenvalue weighted by Gasteiger charge is -2.33. The Labute approximate surface area is 197 Å². The second-order valence-electron chi connectivity index (χ2n) is 7.92. The SMILES string of the molecule is CCNC(=NCc1ccnc(N2CCN(C)CC2)c1)N1CCc2ccccc2C1.I. The summed E-state index contributed by atoms with van der Waals surface area (Å²) in [6.07, 6.45) is 2.99. The van der Waals surface area contributed by atoms with Crippen LogP contribution in [0.4, 0.5) is 5.82 Å². The predicted octanol–water partition coefficient (Wildman–Crippen LogP) is 2.98. The Bertz CT molecular complexity index is 847. The van der Waals surface area contributed by atoms with E-state index in [4.69, 9.17) is 4.99 Å². The first-order chi connectivity index (χ1) is 14.2. The molecule has 1 aromatic heterocycles. The molecule has 4 rings (SSSR count). The van der Waals surface area contributed by atoms with E-state index in [2.05, 4.69) is 75.4 Å². The first-order valence-electron chi connectivity index (χ1n) is 10.7. The highest BCUT2D eigenvalue weighted by Crippen LogP contribution is 2.19. The van der Waals surface area contributed by atoms with Crippen LogP contribution in [0.3, 0.4) is 0 Å². The molecule has 3 heterocycles. The average Bonchev–Trinajstić information content (AvgIpc) is 2.77. The first kappa shape index (κ1) is 22.8. The maximum atomic E-state index is 4.96. The number of rotatable bonds is 4. The highest BCUT2D eigenvalue weighted by Gasteiger charge is 2.19. The smallest absolute Gasteiger partial charge is 0.194 e. The summed E-state index contributed by atoms with van der Waals surface area (Å²) < 4.78 is 0. The van der Waals surface area contributed by atoms with Gasteiger partial charge in [0.05, 0.1) is 6.54 Å². The van der Waals surface area contributed by atoms with Crippen LogP contribution in [0, 0.1) is 0 Å². The van der Waals surface area contributed by atoms with Gasteiger partial charge in [0.15, 0.2) is 5.96 Å². The Balaban J connectivity index is 0.00000256. The molecule has 162 valence electrons. The second kappa shape index (κ2) is 10.9. The van der Waals surface area contributed by atoms with Crippen molar-refractivity contribution in [2.24, 2.45) is 4.99 Å². The molecule has 0 unspecified atom stereocenters. The lowest BCUT2D eigenvalue weighted by Crippen LogP contribution is -2.44. The Morgan fingerprint density at radius 3 is 2.60 bits per heavy atom. The topological polar surface area (TPSA) is 47.0 Å². The minimum absolute atomic E-state index is 0. The number of aliphatic imine (C=N–C) groups is 1. The van der Waals surface area contributed by atoms with Crippen LogP contribution in [-0.4, -0.2) is 67.1 Å². The third kappa shape index (κ3) is 5.63. The fraction of sp³-hybridized carbons (Fsp3) is 0.478. The third-order valence-electron chi connectivity index (χ3n) is 5.81. The highest BCUT2D eigenvalue weighted by atomic mass is 127. The number of pyridine rings is 1. The van der Waals surface area contributed by atoms with Gasteiger partial charge in [0, 0.05) is 52.0 Å². The van der Waals surface area contributed by atoms with E-state index in [1.807, 2.05) is 6.20 Å². The number of nitrogens with zero attached hydrogens (tertiary/aromatic N) is 5. The van der Waals surface area contributed by atoms with Crippen LogP contribution in [0.2, 0.25) is 0 Å². The summed E-state index contributed by atoms with van der Waals surface area (Å²) in [5.74, 6) is 2.07. The molecule has 0 radical (unpaired) electrons. The van der Waals surface area contributed by atoms with Gasteiger partial charge < -0.3 is 20.0 Å². The fourth-order valence-corrected chi connectivity index (χ4v) is 4.04. The average molecular weight is 520 g/mol. The van der Waals surface area contributed by atoms with Crippen LogP contribution in [0.25, 0.3) is 0 Å². The van der Waals surface area contributed by atoms with Gasteiger partial charge in [-0.2, -0.15) is 0 Å². The van der Waals surface area contributed by atoms with Crippen molar-refractivity contribution < 1.29 is 0 Å². The monoisotopic (exact) mass is 520 g/mol. The van der Waals surface area contributed by atoms with E-state index in [1.165, 1.54) is 16.7 Å². The molecule has 2 aliphatic heterocycles. The summed E-state index contributed by atoms with van der Waals surface area (Å²) in [6, 6.07) is 13.0. The summed E-state index contributed by atoms with van der Waals surface area (Å²) in [5.41, 5.74) is 4.08. The molecule has 1 saturated heterocycles. The molecule has 30 heavy (non-hydrogen) atoms. The second-order valence-corrected chi connectivity index (χ2v) is 7.92. The summed E-state index contributed by atoms with van der Waals surface area (Å²) in [4.78, 5) is 16.7. The molecule has 1 N–H and O–H groups in total. The molecule has 2 aliphatic rings. The Morgan fingerprint density at radius 2 is 1.83 bits per heavy atom. The van der Waals surface area contributed by atoms with E-state index in [0.29, 0.717) is 6.54 Å². The van der Waals surface area contributed by atoms with Gasteiger partial charge in [0.1, 0.15) is 5.82 Å². The maximum Gasteiger partial charge on any atom is 0.194 e. The molecular formula is C23H33IN6. The molecule has 0 atom stereocenters. The van der Waals surface area contributed by atoms with Crippen molar-refractivity contribution in [1.82, 2.24) is 20.1 Å². The number of benzene rings is 1. The number of nitrogens with one attached hydrogen (secondary N) is 1. The van der Waals surface area contributed by atoms with Gasteiger partial charge >= 0.3 is 0 Å². The van der Waals surface area contributed by atoms with E-state index in [0.717, 1.165) is 64.0 Å². The molecule has 7 heteroatoms. The number of likely N-dealkylation sites (N-methyl/N-ethyl adjacent to an activating group) is 1. The first-order valence-corrected chi connectivity index (χ1v) is 10.7. The van der Waals surface area contributed by atoms with Crippen molar-refractivity contribution in [3.63, 3.8) is 0 Å². The molecule has 0 bridgehead atoms. The van der Waals surface area contributed by atoms with Gasteiger partial charge in [-0.1, -0.05) is 24.3 Å². The lowest BCUT2D eigenvalue weighted by molar-refractivity contribution is 0.312. The normalized spacial score (nSPS) is 17.3. The number of hydrogen-bond donors (Lipinski definition) is 1. The molecular weight excluding hydrogens is 487 g/mol. The number of aromatic nitrogens is 1. The maximum absolute atomic E-state index is 4.96. The quantitative estimate of drug-likeness (QED) is 0.382. The molecule has 6 nitrogen and oxygen atoms in total. The van der Waals surface area contributed by atoms with Gasteiger partial charge in [-0.25, -0.2) is 9.98 Å². The predicted molar refractivity (Wildman–Crippen MR) is 135 cm³/mol. The molecule has 0 spiro atoms. The minimum atomic E-state index is 0. The molecule has 2 aromatic rings. The van der Waals surface area contributed by atoms with Crippen molar-refractivity contribution in [3.05, 3.63) is 59.3 Å². The van der Waals surface area contributed by atoms with Crippen molar-refractivity contribution in [3.8, 4) is 0 Å². The van der Waals surface area contributed by atoms with Crippen LogP contribution in [0.15, 0.2) is 47.6 Å². The van der Waals surface area contributed by atoms with Crippen molar-refractivity contribution >= 4 is 35.8 Å². The van der Waals surface area contributed by atoms with Crippen LogP contribution >= 0.6 is 24.0 Å². The number of fused-ring (bicyclic) bond motifs is 1. The Morgan fingerprint density at radius 1 is 1.07 bits per heavy atom. The Kier molecular flexibility index (Phi) is 8.32. The summed E-state index contributed by atoms with van der Waals surface area (Å²) in [5, 5.41) is 3.48. The van der Waals surface area contributed by atoms with E-state index in [9.17, 15) is 0 Å². The largest absolute Gasteiger partial charge is 0.356 e. The minimum Gasteiger partial charge on any atom is -0.356 e. The van der Waals surface area contributed by atoms with Crippen molar-refractivity contribution in [2.45, 2.75) is 26.4 Å². The summed E-state index contributed by atoms with van der Waals surface area (Å²) >= 11 is 0. The summed E-state index contributed by atoms with van der Waals surface area (Å²) in [7, 11) is 2.18. The molecule has 1 fully saturated rings. The van der Waals surface area contributed by atoms with Gasteiger partial charge in [0.25, 0.3) is 0 Å². The number of piperazine rings is 1. The number of hydrogen-bond acceptors (Lipinski definition) is 4. The van der Waals surface area contributed by atoms with Crippen molar-refractivity contribution in [2.75, 3.05) is 51.2 Å². The molecule has 0 aliphatic carbocycles. The standard InChI is InChI=1S/C23H32N6.HI/c1-3-24-23(29-11-9-20-6-4-5-7-21(20)18-29)26-17-19-8-10-25-22(16-19)28-14-12-27(2)13-15-28;/h4-8,10,16H,3,9,11-15,17-18H2,1-2H3,(H,24,26);1H. The Hall–Kier alpha value is -1.87. The fourth-order valence-electron chi connectivity index (χ4n) is 4.04. The highest BCUT2D eigenvalue weighted by molar-refractivity contribution is 14.0. The lowest BCUT2D eigenvalue weighted by atomic mass is 10.0. The van der Waals surface area contributed by atoms with E-state index < -0.39 is 0 Å². The van der Waals surface area contributed by atoms with E-state index in [1.54, 1.807) is 0 Å². The number of anilines is 1. The van der Waals surface area contributed by atoms with Crippen LogP contribution in [0.5, 0.6) is 0 Å². The molecule has 0 amide bonds. The summed E-state index contributed by atoms with van der Waals surface area (Å²) in [6.45, 7) is 9.85. The van der Waals surface area contributed by atoms with Crippen LogP contribution < -0.4 is 10.2 Å². The molecule has 0 saturated carbocycles. The zero-order valence-corrected chi connectivity index (χ0v) is 20.4. The van der Waals surface area contributed by atoms with Crippen molar-refractivity contribution in [1.29, 1.82) is 0 Å². The van der Waals surface area contributed by atoms with Gasteiger partial charge in [0.2, 0.25) is 0 Å². The van der Waals surface area contributed by atoms with Crippen LogP contribution in [0.1, 0.15) is 23.6 Å². The third-order valence-corrected chi connectivity index (χ3v) is 5.81. The van der Waals surface area contributed by atoms with E-state index in [-0.39, 0.29) is 24.0 Å². The van der Waals surface area contributed by atoms with Crippen LogP contribution in [-0.2, 0) is 19.5 Å². The van der Waals surface area contributed by atoms with Gasteiger partial charge in [-0.3, -0.25) is 0 Å². The van der Waals surface area contributed by atoms with Gasteiger partial charge in [-0.15, -0.1) is 24.0 Å². The van der Waals surface area contributed by atoms with Gasteiger partial charge in [-0.05, 0) is 49.2 Å². The molecule has 1 aromatic carbocycles. The zero-order valence-electron chi connectivity index (χ0n) is 18.0. The van der Waals surface area contributed by atoms with E-state index >= 15 is 0 Å².